The van der Waals surface area contributed by atoms with Gasteiger partial charge in [0.2, 0.25) is 0 Å². The summed E-state index contributed by atoms with van der Waals surface area (Å²) in [7, 11) is -0.0834. The van der Waals surface area contributed by atoms with Crippen molar-refractivity contribution in [1.82, 2.24) is 4.72 Å². The van der Waals surface area contributed by atoms with E-state index in [9.17, 15) is 9.00 Å². The summed E-state index contributed by atoms with van der Waals surface area (Å²) in [4.78, 5) is 13.0. The van der Waals surface area contributed by atoms with E-state index in [1.807, 2.05) is 0 Å². The highest BCUT2D eigenvalue weighted by molar-refractivity contribution is 7.83. The normalized spacial score (nSPS) is 15.9. The summed E-state index contributed by atoms with van der Waals surface area (Å²) in [5.74, 6) is 0.608. The quantitative estimate of drug-likeness (QED) is 0.865. The number of anilines is 1. The van der Waals surface area contributed by atoms with Gasteiger partial charge in [-0.25, -0.2) is 9.00 Å². The number of hydrogen-bond acceptors (Lipinski definition) is 3. The molecule has 4 rings (SSSR count). The van der Waals surface area contributed by atoms with E-state index in [0.29, 0.717) is 10.6 Å². The Balaban J connectivity index is 1.53. The van der Waals surface area contributed by atoms with Gasteiger partial charge in [0, 0.05) is 5.69 Å². The summed E-state index contributed by atoms with van der Waals surface area (Å²) < 4.78 is 20.2. The van der Waals surface area contributed by atoms with E-state index in [-0.39, 0.29) is 0 Å². The topological polar surface area (TPSA) is 67.4 Å². The second kappa shape index (κ2) is 7.11. The van der Waals surface area contributed by atoms with Crippen LogP contribution in [0.1, 0.15) is 35.1 Å². The molecule has 26 heavy (non-hydrogen) atoms. The molecule has 0 radical (unpaired) electrons. The van der Waals surface area contributed by atoms with Gasteiger partial charge in [0.15, 0.2) is 11.0 Å². The lowest BCUT2D eigenvalue weighted by atomic mass is 9.99. The predicted octanol–water partition coefficient (Wildman–Crippen LogP) is 3.52. The van der Waals surface area contributed by atoms with E-state index in [4.69, 9.17) is 4.74 Å². The van der Waals surface area contributed by atoms with Crippen LogP contribution in [0.5, 0.6) is 5.75 Å². The molecule has 2 aliphatic rings. The molecule has 0 aliphatic heterocycles. The van der Waals surface area contributed by atoms with E-state index in [1.165, 1.54) is 22.3 Å². The van der Waals surface area contributed by atoms with E-state index >= 15 is 0 Å². The Morgan fingerprint density at radius 3 is 2.38 bits per heavy atom. The Labute approximate surface area is 155 Å². The maximum atomic E-state index is 12.5. The number of nitrogens with one attached hydrogen (secondary N) is 2. The number of amides is 2. The largest absolute Gasteiger partial charge is 0.497 e. The minimum Gasteiger partial charge on any atom is -0.497 e. The van der Waals surface area contributed by atoms with Gasteiger partial charge in [-0.1, -0.05) is 12.1 Å². The van der Waals surface area contributed by atoms with Crippen molar-refractivity contribution in [2.75, 3.05) is 12.4 Å². The van der Waals surface area contributed by atoms with Crippen LogP contribution in [0.3, 0.4) is 0 Å². The van der Waals surface area contributed by atoms with Crippen molar-refractivity contribution in [1.29, 1.82) is 0 Å². The molecule has 0 aromatic heterocycles. The number of benzene rings is 2. The van der Waals surface area contributed by atoms with Crippen LogP contribution in [-0.2, 0) is 36.7 Å². The van der Waals surface area contributed by atoms with Crippen LogP contribution in [0.4, 0.5) is 10.5 Å². The van der Waals surface area contributed by atoms with Gasteiger partial charge in [0.1, 0.15) is 5.75 Å². The van der Waals surface area contributed by atoms with Gasteiger partial charge >= 0.3 is 6.03 Å². The minimum absolute atomic E-state index is 0.430. The molecule has 0 fully saturated rings. The van der Waals surface area contributed by atoms with Crippen LogP contribution in [0.15, 0.2) is 35.2 Å². The Bertz CT molecular complexity index is 863. The number of fused-ring (bicyclic) bond motifs is 2. The number of urea groups is 1. The molecule has 0 spiro atoms. The Kier molecular flexibility index (Phi) is 4.68. The third-order valence-corrected chi connectivity index (χ3v) is 6.21. The first-order valence-electron chi connectivity index (χ1n) is 8.95. The molecule has 5 nitrogen and oxygen atoms in total. The lowest BCUT2D eigenvalue weighted by Gasteiger charge is -2.16. The molecule has 0 bridgehead atoms. The number of methoxy groups -OCH3 is 1. The van der Waals surface area contributed by atoms with Gasteiger partial charge < -0.3 is 10.1 Å². The molecule has 1 atom stereocenters. The maximum absolute atomic E-state index is 12.5. The van der Waals surface area contributed by atoms with E-state index in [2.05, 4.69) is 16.1 Å². The fraction of sp³-hybridized carbons (Fsp3) is 0.350. The number of carbonyl (C=O) groups excluding carboxylic acids is 1. The van der Waals surface area contributed by atoms with Crippen molar-refractivity contribution >= 4 is 22.7 Å². The van der Waals surface area contributed by atoms with Crippen LogP contribution < -0.4 is 14.8 Å². The molecule has 6 heteroatoms. The fourth-order valence-corrected chi connectivity index (χ4v) is 4.73. The molecule has 0 saturated carbocycles. The number of aryl methyl sites for hydroxylation is 2. The van der Waals surface area contributed by atoms with Crippen LogP contribution in [0.25, 0.3) is 0 Å². The van der Waals surface area contributed by atoms with Crippen molar-refractivity contribution in [3.8, 4) is 5.75 Å². The minimum atomic E-state index is -1.64. The van der Waals surface area contributed by atoms with E-state index in [0.717, 1.165) is 44.2 Å². The molecule has 2 amide bonds. The maximum Gasteiger partial charge on any atom is 0.331 e. The predicted molar refractivity (Wildman–Crippen MR) is 102 cm³/mol. The molecular weight excluding hydrogens is 348 g/mol. The molecule has 0 heterocycles. The standard InChI is InChI=1S/C20H22N2O3S/c1-25-15-7-4-8-16(12-15)26(24)22-20(23)21-19-17-9-2-5-13(17)11-14-6-3-10-18(14)19/h4,7-8,11-12H,2-3,5-6,9-10H2,1H3,(H2,21,22,23). The average Bonchev–Trinajstić information content (AvgIpc) is 3.30. The highest BCUT2D eigenvalue weighted by atomic mass is 32.2. The van der Waals surface area contributed by atoms with Crippen molar-refractivity contribution in [2.24, 2.45) is 0 Å². The van der Waals surface area contributed by atoms with E-state index in [1.54, 1.807) is 31.4 Å². The summed E-state index contributed by atoms with van der Waals surface area (Å²) in [6.07, 6.45) is 6.41. The summed E-state index contributed by atoms with van der Waals surface area (Å²) in [5, 5.41) is 3.00. The number of ether oxygens (including phenoxy) is 1. The summed E-state index contributed by atoms with van der Waals surface area (Å²) in [6, 6.07) is 8.79. The number of hydrogen-bond donors (Lipinski definition) is 2. The summed E-state index contributed by atoms with van der Waals surface area (Å²) >= 11 is 0. The second-order valence-corrected chi connectivity index (χ2v) is 7.95. The van der Waals surface area contributed by atoms with Crippen molar-refractivity contribution < 1.29 is 13.7 Å². The summed E-state index contributed by atoms with van der Waals surface area (Å²) in [5.41, 5.74) is 6.18. The van der Waals surface area contributed by atoms with Crippen LogP contribution >= 0.6 is 0 Å². The Morgan fingerprint density at radius 2 is 1.73 bits per heavy atom. The Hall–Kier alpha value is -2.34. The zero-order valence-electron chi connectivity index (χ0n) is 14.8. The van der Waals surface area contributed by atoms with Crippen molar-refractivity contribution in [3.05, 3.63) is 52.6 Å². The zero-order chi connectivity index (χ0) is 18.1. The highest BCUT2D eigenvalue weighted by Crippen LogP contribution is 2.38. The van der Waals surface area contributed by atoms with Gasteiger partial charge in [0.25, 0.3) is 0 Å². The van der Waals surface area contributed by atoms with Crippen LogP contribution in [-0.4, -0.2) is 17.3 Å². The van der Waals surface area contributed by atoms with Gasteiger partial charge in [-0.15, -0.1) is 0 Å². The smallest absolute Gasteiger partial charge is 0.331 e. The molecular formula is C20H22N2O3S. The molecule has 136 valence electrons. The highest BCUT2D eigenvalue weighted by Gasteiger charge is 2.25. The van der Waals surface area contributed by atoms with Gasteiger partial charge in [0.05, 0.1) is 12.0 Å². The first kappa shape index (κ1) is 17.1. The molecule has 0 saturated heterocycles. The fourth-order valence-electron chi connectivity index (χ4n) is 3.97. The molecule has 2 N–H and O–H groups in total. The molecule has 2 aromatic rings. The van der Waals surface area contributed by atoms with Gasteiger partial charge in [-0.05, 0) is 79.0 Å². The van der Waals surface area contributed by atoms with Crippen LogP contribution in [0.2, 0.25) is 0 Å². The average molecular weight is 370 g/mol. The first-order chi connectivity index (χ1) is 12.7. The third-order valence-electron chi connectivity index (χ3n) is 5.15. The van der Waals surface area contributed by atoms with Gasteiger partial charge in [-0.2, -0.15) is 0 Å². The first-order valence-corrected chi connectivity index (χ1v) is 10.1. The SMILES string of the molecule is COc1cccc(S(=O)NC(=O)Nc2c3c(cc4c2CCC4)CCC3)c1. The number of rotatable bonds is 4. The third kappa shape index (κ3) is 3.21. The monoisotopic (exact) mass is 370 g/mol. The van der Waals surface area contributed by atoms with E-state index < -0.39 is 17.0 Å². The molecule has 1 unspecified atom stereocenters. The Morgan fingerprint density at radius 1 is 1.04 bits per heavy atom. The summed E-state index contributed by atoms with van der Waals surface area (Å²) in [6.45, 7) is 0. The van der Waals surface area contributed by atoms with Gasteiger partial charge in [-0.3, -0.25) is 4.72 Å². The van der Waals surface area contributed by atoms with Crippen LogP contribution in [0, 0.1) is 0 Å². The van der Waals surface area contributed by atoms with Crippen molar-refractivity contribution in [2.45, 2.75) is 43.4 Å². The lowest BCUT2D eigenvalue weighted by Crippen LogP contribution is -2.31. The second-order valence-electron chi connectivity index (χ2n) is 6.74. The molecule has 2 aliphatic carbocycles. The lowest BCUT2D eigenvalue weighted by molar-refractivity contribution is 0.257. The molecule has 2 aromatic carbocycles. The van der Waals surface area contributed by atoms with Crippen molar-refractivity contribution in [3.63, 3.8) is 0 Å². The zero-order valence-corrected chi connectivity index (χ0v) is 15.6. The number of carbonyl (C=O) groups is 1.